The SMILES string of the molecule is CCOc1ccc(C(=O)N2CCCCC2C(C)C)cc1C. The number of ether oxygens (including phenoxy) is 1. The van der Waals surface area contributed by atoms with Crippen molar-refractivity contribution in [1.29, 1.82) is 0 Å². The third kappa shape index (κ3) is 3.58. The van der Waals surface area contributed by atoms with Gasteiger partial charge >= 0.3 is 0 Å². The summed E-state index contributed by atoms with van der Waals surface area (Å²) < 4.78 is 5.55. The first-order chi connectivity index (χ1) is 10.0. The lowest BCUT2D eigenvalue weighted by Gasteiger charge is -2.38. The van der Waals surface area contributed by atoms with Crippen LogP contribution in [0.25, 0.3) is 0 Å². The van der Waals surface area contributed by atoms with E-state index in [1.54, 1.807) is 0 Å². The average Bonchev–Trinajstić information content (AvgIpc) is 2.48. The summed E-state index contributed by atoms with van der Waals surface area (Å²) in [7, 11) is 0. The van der Waals surface area contributed by atoms with Gasteiger partial charge in [-0.25, -0.2) is 0 Å². The molecule has 21 heavy (non-hydrogen) atoms. The molecule has 1 atom stereocenters. The standard InChI is InChI=1S/C18H27NO2/c1-5-21-17-10-9-15(12-14(17)4)18(20)19-11-7-6-8-16(19)13(2)3/h9-10,12-13,16H,5-8,11H2,1-4H3. The molecule has 1 aliphatic heterocycles. The molecule has 0 bridgehead atoms. The normalized spacial score (nSPS) is 18.9. The summed E-state index contributed by atoms with van der Waals surface area (Å²) in [6.45, 7) is 9.92. The van der Waals surface area contributed by atoms with Crippen LogP contribution in [-0.2, 0) is 0 Å². The van der Waals surface area contributed by atoms with Crippen LogP contribution < -0.4 is 4.74 Å². The van der Waals surface area contributed by atoms with Crippen LogP contribution in [-0.4, -0.2) is 30.0 Å². The fraction of sp³-hybridized carbons (Fsp3) is 0.611. The quantitative estimate of drug-likeness (QED) is 0.837. The third-order valence-electron chi connectivity index (χ3n) is 4.30. The highest BCUT2D eigenvalue weighted by molar-refractivity contribution is 5.95. The van der Waals surface area contributed by atoms with Gasteiger partial charge in [0.25, 0.3) is 5.91 Å². The van der Waals surface area contributed by atoms with Crippen molar-refractivity contribution in [3.8, 4) is 5.75 Å². The maximum Gasteiger partial charge on any atom is 0.254 e. The zero-order valence-corrected chi connectivity index (χ0v) is 13.7. The summed E-state index contributed by atoms with van der Waals surface area (Å²) in [5.74, 6) is 1.55. The second kappa shape index (κ2) is 6.97. The average molecular weight is 289 g/mol. The molecular formula is C18H27NO2. The number of carbonyl (C=O) groups excluding carboxylic acids is 1. The lowest BCUT2D eigenvalue weighted by Crippen LogP contribution is -2.46. The number of rotatable bonds is 4. The molecule has 1 aliphatic rings. The number of aryl methyl sites for hydroxylation is 1. The van der Waals surface area contributed by atoms with Crippen molar-refractivity contribution in [3.05, 3.63) is 29.3 Å². The number of piperidine rings is 1. The molecule has 0 aromatic heterocycles. The van der Waals surface area contributed by atoms with E-state index in [9.17, 15) is 4.79 Å². The van der Waals surface area contributed by atoms with Crippen molar-refractivity contribution in [2.24, 2.45) is 5.92 Å². The van der Waals surface area contributed by atoms with Gasteiger partial charge in [-0.05, 0) is 62.8 Å². The van der Waals surface area contributed by atoms with Crippen LogP contribution in [0.15, 0.2) is 18.2 Å². The second-order valence-electron chi connectivity index (χ2n) is 6.22. The molecule has 0 spiro atoms. The predicted molar refractivity (Wildman–Crippen MR) is 85.9 cm³/mol. The molecule has 1 aromatic carbocycles. The Morgan fingerprint density at radius 1 is 1.38 bits per heavy atom. The van der Waals surface area contributed by atoms with Crippen LogP contribution in [0.4, 0.5) is 0 Å². The number of hydrogen-bond acceptors (Lipinski definition) is 2. The van der Waals surface area contributed by atoms with Crippen molar-refractivity contribution >= 4 is 5.91 Å². The first kappa shape index (κ1) is 15.9. The summed E-state index contributed by atoms with van der Waals surface area (Å²) in [5.41, 5.74) is 1.81. The first-order valence-corrected chi connectivity index (χ1v) is 8.09. The topological polar surface area (TPSA) is 29.5 Å². The molecule has 0 aliphatic carbocycles. The molecule has 1 saturated heterocycles. The van der Waals surface area contributed by atoms with Crippen molar-refractivity contribution in [2.45, 2.75) is 53.0 Å². The maximum atomic E-state index is 12.8. The third-order valence-corrected chi connectivity index (χ3v) is 4.30. The van der Waals surface area contributed by atoms with Crippen LogP contribution in [0.5, 0.6) is 5.75 Å². The van der Waals surface area contributed by atoms with Gasteiger partial charge < -0.3 is 9.64 Å². The molecule has 1 fully saturated rings. The van der Waals surface area contributed by atoms with Gasteiger partial charge in [-0.3, -0.25) is 4.79 Å². The fourth-order valence-corrected chi connectivity index (χ4v) is 3.17. The number of hydrogen-bond donors (Lipinski definition) is 0. The van der Waals surface area contributed by atoms with E-state index in [-0.39, 0.29) is 5.91 Å². The zero-order valence-electron chi connectivity index (χ0n) is 13.7. The lowest BCUT2D eigenvalue weighted by molar-refractivity contribution is 0.0543. The minimum absolute atomic E-state index is 0.166. The van der Waals surface area contributed by atoms with Crippen LogP contribution in [0, 0.1) is 12.8 Å². The number of benzene rings is 1. The van der Waals surface area contributed by atoms with Gasteiger partial charge in [0.15, 0.2) is 0 Å². The van der Waals surface area contributed by atoms with Crippen LogP contribution in [0.3, 0.4) is 0 Å². The Labute approximate surface area is 128 Å². The summed E-state index contributed by atoms with van der Waals surface area (Å²) in [5, 5.41) is 0. The Morgan fingerprint density at radius 3 is 2.76 bits per heavy atom. The van der Waals surface area contributed by atoms with E-state index in [1.807, 2.05) is 32.0 Å². The minimum Gasteiger partial charge on any atom is -0.494 e. The van der Waals surface area contributed by atoms with E-state index in [4.69, 9.17) is 4.74 Å². The minimum atomic E-state index is 0.166. The number of carbonyl (C=O) groups is 1. The van der Waals surface area contributed by atoms with E-state index >= 15 is 0 Å². The zero-order chi connectivity index (χ0) is 15.4. The molecule has 0 radical (unpaired) electrons. The molecule has 3 heteroatoms. The fourth-order valence-electron chi connectivity index (χ4n) is 3.17. The van der Waals surface area contributed by atoms with Crippen LogP contribution >= 0.6 is 0 Å². The molecular weight excluding hydrogens is 262 g/mol. The molecule has 0 N–H and O–H groups in total. The monoisotopic (exact) mass is 289 g/mol. The molecule has 1 heterocycles. The van der Waals surface area contributed by atoms with Crippen molar-refractivity contribution in [3.63, 3.8) is 0 Å². The molecule has 3 nitrogen and oxygen atoms in total. The van der Waals surface area contributed by atoms with E-state index in [0.29, 0.717) is 18.6 Å². The first-order valence-electron chi connectivity index (χ1n) is 8.09. The van der Waals surface area contributed by atoms with Gasteiger partial charge in [-0.2, -0.15) is 0 Å². The summed E-state index contributed by atoms with van der Waals surface area (Å²) in [6, 6.07) is 6.14. The highest BCUT2D eigenvalue weighted by Crippen LogP contribution is 2.26. The maximum absolute atomic E-state index is 12.8. The summed E-state index contributed by atoms with van der Waals surface area (Å²) in [4.78, 5) is 14.9. The van der Waals surface area contributed by atoms with Crippen molar-refractivity contribution in [2.75, 3.05) is 13.2 Å². The number of amides is 1. The second-order valence-corrected chi connectivity index (χ2v) is 6.22. The van der Waals surface area contributed by atoms with Crippen molar-refractivity contribution in [1.82, 2.24) is 4.90 Å². The van der Waals surface area contributed by atoms with Crippen molar-refractivity contribution < 1.29 is 9.53 Å². The van der Waals surface area contributed by atoms with Crippen LogP contribution in [0.1, 0.15) is 56.0 Å². The summed E-state index contributed by atoms with van der Waals surface area (Å²) >= 11 is 0. The smallest absolute Gasteiger partial charge is 0.254 e. The van der Waals surface area contributed by atoms with Crippen LogP contribution in [0.2, 0.25) is 0 Å². The van der Waals surface area contributed by atoms with Gasteiger partial charge in [0.2, 0.25) is 0 Å². The van der Waals surface area contributed by atoms with Gasteiger partial charge in [0.1, 0.15) is 5.75 Å². The number of likely N-dealkylation sites (tertiary alicyclic amines) is 1. The Balaban J connectivity index is 2.20. The molecule has 1 unspecified atom stereocenters. The highest BCUT2D eigenvalue weighted by Gasteiger charge is 2.29. The Hall–Kier alpha value is -1.51. The largest absolute Gasteiger partial charge is 0.494 e. The molecule has 1 amide bonds. The summed E-state index contributed by atoms with van der Waals surface area (Å²) in [6.07, 6.45) is 3.47. The predicted octanol–water partition coefficient (Wildman–Crippen LogP) is 4.04. The lowest BCUT2D eigenvalue weighted by atomic mass is 9.92. The highest BCUT2D eigenvalue weighted by atomic mass is 16.5. The van der Waals surface area contributed by atoms with E-state index < -0.39 is 0 Å². The van der Waals surface area contributed by atoms with Gasteiger partial charge in [-0.1, -0.05) is 13.8 Å². The van der Waals surface area contributed by atoms with Gasteiger partial charge in [0, 0.05) is 18.2 Å². The molecule has 0 saturated carbocycles. The van der Waals surface area contributed by atoms with E-state index in [0.717, 1.165) is 36.3 Å². The van der Waals surface area contributed by atoms with Gasteiger partial charge in [0.05, 0.1) is 6.61 Å². The van der Waals surface area contributed by atoms with Gasteiger partial charge in [-0.15, -0.1) is 0 Å². The van der Waals surface area contributed by atoms with E-state index in [1.165, 1.54) is 6.42 Å². The molecule has 2 rings (SSSR count). The molecule has 116 valence electrons. The molecule has 1 aromatic rings. The number of nitrogens with zero attached hydrogens (tertiary/aromatic N) is 1. The Bertz CT molecular complexity index is 496. The Kier molecular flexibility index (Phi) is 5.27. The Morgan fingerprint density at radius 2 is 2.14 bits per heavy atom. The van der Waals surface area contributed by atoms with E-state index in [2.05, 4.69) is 18.7 Å².